The zero-order chi connectivity index (χ0) is 22.8. The third-order valence-electron chi connectivity index (χ3n) is 5.31. The molecule has 0 unspecified atom stereocenters. The molecule has 0 aliphatic heterocycles. The minimum absolute atomic E-state index is 0.106. The second kappa shape index (κ2) is 8.69. The van der Waals surface area contributed by atoms with Gasteiger partial charge in [-0.05, 0) is 29.2 Å². The van der Waals surface area contributed by atoms with Crippen LogP contribution in [0.2, 0.25) is 0 Å². The van der Waals surface area contributed by atoms with Gasteiger partial charge in [-0.25, -0.2) is 4.98 Å². The molecular formula is C25H23N5OS. The summed E-state index contributed by atoms with van der Waals surface area (Å²) in [7, 11) is 1.58. The Bertz CT molecular complexity index is 1340. The summed E-state index contributed by atoms with van der Waals surface area (Å²) in [6.45, 7) is 4.29. The molecule has 0 fully saturated rings. The Labute approximate surface area is 190 Å². The number of carbonyl (C=O) groups excluding carboxylic acids is 1. The Morgan fingerprint density at radius 1 is 1.12 bits per heavy atom. The van der Waals surface area contributed by atoms with Crippen molar-refractivity contribution in [3.8, 4) is 17.2 Å². The van der Waals surface area contributed by atoms with E-state index in [9.17, 15) is 10.1 Å². The number of nitrogens with zero attached hydrogens (tertiary/aromatic N) is 2. The van der Waals surface area contributed by atoms with Crippen LogP contribution in [-0.4, -0.2) is 17.9 Å². The van der Waals surface area contributed by atoms with Crippen LogP contribution in [0, 0.1) is 11.3 Å². The molecule has 0 radical (unpaired) electrons. The number of carbonyl (C=O) groups is 1. The van der Waals surface area contributed by atoms with Gasteiger partial charge in [0.15, 0.2) is 0 Å². The molecule has 4 N–H and O–H groups in total. The lowest BCUT2D eigenvalue weighted by Crippen LogP contribution is -2.18. The zero-order valence-corrected chi connectivity index (χ0v) is 18.9. The van der Waals surface area contributed by atoms with Crippen LogP contribution < -0.4 is 16.4 Å². The van der Waals surface area contributed by atoms with Crippen LogP contribution in [0.25, 0.3) is 21.3 Å². The molecule has 32 heavy (non-hydrogen) atoms. The molecule has 0 aliphatic carbocycles. The number of rotatable bonds is 5. The van der Waals surface area contributed by atoms with E-state index in [1.807, 2.05) is 42.5 Å². The van der Waals surface area contributed by atoms with E-state index in [1.54, 1.807) is 7.05 Å². The fourth-order valence-electron chi connectivity index (χ4n) is 3.62. The molecule has 160 valence electrons. The van der Waals surface area contributed by atoms with Crippen LogP contribution >= 0.6 is 11.3 Å². The third-order valence-corrected chi connectivity index (χ3v) is 6.42. The first-order chi connectivity index (χ1) is 15.4. The van der Waals surface area contributed by atoms with Crippen LogP contribution in [0.15, 0.2) is 54.6 Å². The molecule has 2 heterocycles. The number of aromatic nitrogens is 1. The Kier molecular flexibility index (Phi) is 5.80. The summed E-state index contributed by atoms with van der Waals surface area (Å²) in [6, 6.07) is 19.9. The van der Waals surface area contributed by atoms with Gasteiger partial charge in [0.1, 0.15) is 28.0 Å². The number of nitrogens with two attached hydrogens (primary N) is 1. The highest BCUT2D eigenvalue weighted by molar-refractivity contribution is 7.24. The number of pyridine rings is 1. The summed E-state index contributed by atoms with van der Waals surface area (Å²) >= 11 is 1.39. The molecule has 7 heteroatoms. The first-order valence-corrected chi connectivity index (χ1v) is 11.1. The number of fused-ring (bicyclic) bond motifs is 1. The highest BCUT2D eigenvalue weighted by Gasteiger charge is 2.25. The highest BCUT2D eigenvalue weighted by atomic mass is 32.1. The normalized spacial score (nSPS) is 10.8. The van der Waals surface area contributed by atoms with Crippen molar-refractivity contribution in [1.29, 1.82) is 5.26 Å². The van der Waals surface area contributed by atoms with Crippen molar-refractivity contribution >= 4 is 44.0 Å². The van der Waals surface area contributed by atoms with Crippen molar-refractivity contribution in [3.05, 3.63) is 71.3 Å². The molecule has 4 aromatic rings. The monoisotopic (exact) mass is 441 g/mol. The predicted octanol–water partition coefficient (Wildman–Crippen LogP) is 5.64. The maximum atomic E-state index is 12.9. The van der Waals surface area contributed by atoms with Gasteiger partial charge in [0.2, 0.25) is 0 Å². The van der Waals surface area contributed by atoms with Crippen LogP contribution in [0.1, 0.15) is 41.3 Å². The summed E-state index contributed by atoms with van der Waals surface area (Å²) < 4.78 is 0.738. The van der Waals surface area contributed by atoms with Crippen molar-refractivity contribution in [1.82, 2.24) is 10.3 Å². The van der Waals surface area contributed by atoms with Gasteiger partial charge in [0.25, 0.3) is 5.91 Å². The Balaban J connectivity index is 1.95. The number of nitrogens with one attached hydrogen (secondary N) is 2. The molecule has 4 rings (SSSR count). The summed E-state index contributed by atoms with van der Waals surface area (Å²) in [5, 5.41) is 16.5. The van der Waals surface area contributed by atoms with Crippen LogP contribution in [0.3, 0.4) is 0 Å². The van der Waals surface area contributed by atoms with Gasteiger partial charge in [0, 0.05) is 18.3 Å². The fraction of sp³-hybridized carbons (Fsp3) is 0.160. The molecule has 6 nitrogen and oxygen atoms in total. The largest absolute Gasteiger partial charge is 0.383 e. The first kappa shape index (κ1) is 21.3. The third kappa shape index (κ3) is 3.77. The average Bonchev–Trinajstić information content (AvgIpc) is 3.15. The van der Waals surface area contributed by atoms with Gasteiger partial charge in [-0.3, -0.25) is 4.79 Å². The lowest BCUT2D eigenvalue weighted by atomic mass is 10.00. The van der Waals surface area contributed by atoms with E-state index in [4.69, 9.17) is 5.73 Å². The Hall–Kier alpha value is -3.89. The van der Waals surface area contributed by atoms with E-state index in [1.165, 1.54) is 16.9 Å². The van der Waals surface area contributed by atoms with E-state index in [-0.39, 0.29) is 11.7 Å². The number of nitrogen functional groups attached to an aromatic ring is 1. The molecule has 0 saturated carbocycles. The van der Waals surface area contributed by atoms with Gasteiger partial charge in [-0.2, -0.15) is 5.26 Å². The molecule has 0 spiro atoms. The first-order valence-electron chi connectivity index (χ1n) is 10.2. The summed E-state index contributed by atoms with van der Waals surface area (Å²) in [5.41, 5.74) is 11.0. The van der Waals surface area contributed by atoms with E-state index in [0.29, 0.717) is 33.1 Å². The molecule has 2 aromatic heterocycles. The average molecular weight is 442 g/mol. The van der Waals surface area contributed by atoms with Crippen molar-refractivity contribution in [2.45, 2.75) is 19.8 Å². The number of hydrogen-bond acceptors (Lipinski definition) is 6. The lowest BCUT2D eigenvalue weighted by Gasteiger charge is -2.09. The molecule has 0 aliphatic rings. The highest BCUT2D eigenvalue weighted by Crippen LogP contribution is 2.44. The molecule has 2 aromatic carbocycles. The van der Waals surface area contributed by atoms with E-state index in [2.05, 4.69) is 47.7 Å². The molecule has 1 amide bonds. The number of anilines is 3. The van der Waals surface area contributed by atoms with Gasteiger partial charge in [-0.15, -0.1) is 11.3 Å². The summed E-state index contributed by atoms with van der Waals surface area (Å²) in [5.74, 6) is 0.266. The van der Waals surface area contributed by atoms with E-state index < -0.39 is 0 Å². The molecule has 0 saturated heterocycles. The van der Waals surface area contributed by atoms with Gasteiger partial charge in [-0.1, -0.05) is 56.3 Å². The van der Waals surface area contributed by atoms with Crippen LogP contribution in [-0.2, 0) is 0 Å². The van der Waals surface area contributed by atoms with Crippen molar-refractivity contribution in [2.75, 3.05) is 18.1 Å². The second-order valence-corrected chi connectivity index (χ2v) is 8.71. The van der Waals surface area contributed by atoms with Crippen LogP contribution in [0.4, 0.5) is 16.5 Å². The van der Waals surface area contributed by atoms with Crippen molar-refractivity contribution in [2.24, 2.45) is 0 Å². The predicted molar refractivity (Wildman–Crippen MR) is 131 cm³/mol. The summed E-state index contributed by atoms with van der Waals surface area (Å²) in [6.07, 6.45) is 0. The van der Waals surface area contributed by atoms with Crippen LogP contribution in [0.5, 0.6) is 0 Å². The fourth-order valence-corrected chi connectivity index (χ4v) is 4.85. The molecular weight excluding hydrogens is 418 g/mol. The smallest absolute Gasteiger partial charge is 0.256 e. The van der Waals surface area contributed by atoms with Gasteiger partial charge in [0.05, 0.1) is 10.2 Å². The molecule has 0 bridgehead atoms. The minimum Gasteiger partial charge on any atom is -0.383 e. The lowest BCUT2D eigenvalue weighted by molar-refractivity contribution is 0.0965. The maximum absolute atomic E-state index is 12.9. The standard InChI is InChI=1S/C25H23N5OS/c1-14(2)15-9-11-17(12-10-15)29-25-20(24(31)28-3)21-22(32-25)19(16-7-5-4-6-8-16)18(13-26)23(27)30-21/h4-12,14,29H,1-3H3,(H2,27,30)(H,28,31). The Morgan fingerprint density at radius 3 is 2.41 bits per heavy atom. The van der Waals surface area contributed by atoms with Gasteiger partial charge >= 0.3 is 0 Å². The topological polar surface area (TPSA) is 104 Å². The van der Waals surface area contributed by atoms with Crippen molar-refractivity contribution < 1.29 is 4.79 Å². The number of benzene rings is 2. The zero-order valence-electron chi connectivity index (χ0n) is 18.1. The number of amides is 1. The number of thiophene rings is 1. The SMILES string of the molecule is CNC(=O)c1c(Nc2ccc(C(C)C)cc2)sc2c(-c3ccccc3)c(C#N)c(N)nc12. The van der Waals surface area contributed by atoms with E-state index in [0.717, 1.165) is 16.0 Å². The maximum Gasteiger partial charge on any atom is 0.256 e. The van der Waals surface area contributed by atoms with Crippen molar-refractivity contribution in [3.63, 3.8) is 0 Å². The van der Waals surface area contributed by atoms with Gasteiger partial charge < -0.3 is 16.4 Å². The molecule has 0 atom stereocenters. The summed E-state index contributed by atoms with van der Waals surface area (Å²) in [4.78, 5) is 17.3. The second-order valence-electron chi connectivity index (χ2n) is 7.69. The van der Waals surface area contributed by atoms with E-state index >= 15 is 0 Å². The Morgan fingerprint density at radius 2 is 1.81 bits per heavy atom. The minimum atomic E-state index is -0.270. The number of hydrogen-bond donors (Lipinski definition) is 3. The number of nitriles is 1. The quantitative estimate of drug-likeness (QED) is 0.372.